The summed E-state index contributed by atoms with van der Waals surface area (Å²) in [5, 5.41) is 12.1. The Morgan fingerprint density at radius 1 is 1.05 bits per heavy atom. The molecule has 0 spiro atoms. The molecule has 3 nitrogen and oxygen atoms in total. The Morgan fingerprint density at radius 2 is 1.67 bits per heavy atom. The lowest BCUT2D eigenvalue weighted by Crippen LogP contribution is -2.30. The van der Waals surface area contributed by atoms with Gasteiger partial charge >= 0.3 is 0 Å². The van der Waals surface area contributed by atoms with Crippen LogP contribution in [0.3, 0.4) is 0 Å². The third kappa shape index (κ3) is 4.35. The van der Waals surface area contributed by atoms with E-state index in [0.717, 1.165) is 11.1 Å². The third-order valence-electron chi connectivity index (χ3n) is 3.58. The van der Waals surface area contributed by atoms with E-state index in [0.29, 0.717) is 13.0 Å². The molecule has 1 amide bonds. The Morgan fingerprint density at radius 3 is 2.29 bits per heavy atom. The van der Waals surface area contributed by atoms with E-state index in [-0.39, 0.29) is 17.1 Å². The molecule has 2 rings (SSSR count). The van der Waals surface area contributed by atoms with Crippen LogP contribution in [0.5, 0.6) is 5.75 Å². The third-order valence-corrected chi connectivity index (χ3v) is 3.58. The van der Waals surface area contributed by atoms with Crippen LogP contribution < -0.4 is 5.32 Å². The van der Waals surface area contributed by atoms with E-state index in [9.17, 15) is 9.90 Å². The number of aromatic hydroxyl groups is 1. The Hall–Kier alpha value is -2.29. The SMILES string of the molecule is CC(C)(CC(=O)NCc1ccc(O)cc1)c1ccccc1. The van der Waals surface area contributed by atoms with Gasteiger partial charge in [0.25, 0.3) is 0 Å². The molecule has 21 heavy (non-hydrogen) atoms. The second-order valence-electron chi connectivity index (χ2n) is 5.87. The average Bonchev–Trinajstić information content (AvgIpc) is 2.47. The van der Waals surface area contributed by atoms with E-state index >= 15 is 0 Å². The number of benzene rings is 2. The minimum atomic E-state index is -0.194. The van der Waals surface area contributed by atoms with Crippen molar-refractivity contribution >= 4 is 5.91 Å². The molecule has 0 heterocycles. The minimum Gasteiger partial charge on any atom is -0.508 e. The Kier molecular flexibility index (Phi) is 4.63. The van der Waals surface area contributed by atoms with Crippen LogP contribution in [0, 0.1) is 0 Å². The number of phenols is 1. The fourth-order valence-corrected chi connectivity index (χ4v) is 2.27. The number of phenolic OH excluding ortho intramolecular Hbond substituents is 1. The maximum atomic E-state index is 12.1. The van der Waals surface area contributed by atoms with Crippen LogP contribution in [0.25, 0.3) is 0 Å². The molecule has 0 aromatic heterocycles. The topological polar surface area (TPSA) is 49.3 Å². The van der Waals surface area contributed by atoms with Gasteiger partial charge in [-0.25, -0.2) is 0 Å². The van der Waals surface area contributed by atoms with Crippen molar-refractivity contribution in [2.75, 3.05) is 0 Å². The van der Waals surface area contributed by atoms with Crippen LogP contribution in [0.15, 0.2) is 54.6 Å². The highest BCUT2D eigenvalue weighted by Crippen LogP contribution is 2.26. The molecular formula is C18H21NO2. The van der Waals surface area contributed by atoms with Crippen molar-refractivity contribution in [3.63, 3.8) is 0 Å². The standard InChI is InChI=1S/C18H21NO2/c1-18(2,15-6-4-3-5-7-15)12-17(21)19-13-14-8-10-16(20)11-9-14/h3-11,20H,12-13H2,1-2H3,(H,19,21). The first-order valence-electron chi connectivity index (χ1n) is 7.07. The van der Waals surface area contributed by atoms with Crippen molar-refractivity contribution in [2.24, 2.45) is 0 Å². The van der Waals surface area contributed by atoms with Crippen molar-refractivity contribution in [1.82, 2.24) is 5.32 Å². The van der Waals surface area contributed by atoms with Crippen LogP contribution in [0.1, 0.15) is 31.4 Å². The summed E-state index contributed by atoms with van der Waals surface area (Å²) in [6.07, 6.45) is 0.440. The summed E-state index contributed by atoms with van der Waals surface area (Å²) in [4.78, 5) is 12.1. The zero-order chi connectivity index (χ0) is 15.3. The quantitative estimate of drug-likeness (QED) is 0.884. The van der Waals surface area contributed by atoms with Crippen molar-refractivity contribution in [2.45, 2.75) is 32.2 Å². The highest BCUT2D eigenvalue weighted by atomic mass is 16.3. The summed E-state index contributed by atoms with van der Waals surface area (Å²) in [7, 11) is 0. The molecule has 3 heteroatoms. The van der Waals surface area contributed by atoms with Crippen molar-refractivity contribution in [1.29, 1.82) is 0 Å². The van der Waals surface area contributed by atoms with Gasteiger partial charge in [-0.3, -0.25) is 4.79 Å². The fraction of sp³-hybridized carbons (Fsp3) is 0.278. The number of hydrogen-bond acceptors (Lipinski definition) is 2. The molecule has 0 aliphatic carbocycles. The van der Waals surface area contributed by atoms with Crippen molar-refractivity contribution < 1.29 is 9.90 Å². The van der Waals surface area contributed by atoms with Gasteiger partial charge in [0.15, 0.2) is 0 Å². The number of hydrogen-bond donors (Lipinski definition) is 2. The Bertz CT molecular complexity index is 588. The van der Waals surface area contributed by atoms with Gasteiger partial charge in [0.2, 0.25) is 5.91 Å². The maximum absolute atomic E-state index is 12.1. The van der Waals surface area contributed by atoms with Gasteiger partial charge in [-0.1, -0.05) is 56.3 Å². The zero-order valence-corrected chi connectivity index (χ0v) is 12.5. The predicted octanol–water partition coefficient (Wildman–Crippen LogP) is 3.38. The zero-order valence-electron chi connectivity index (χ0n) is 12.5. The highest BCUT2D eigenvalue weighted by molar-refractivity contribution is 5.77. The summed E-state index contributed by atoms with van der Waals surface area (Å²) in [6.45, 7) is 4.62. The normalized spacial score (nSPS) is 11.1. The second-order valence-corrected chi connectivity index (χ2v) is 5.87. The van der Waals surface area contributed by atoms with Crippen molar-refractivity contribution in [3.8, 4) is 5.75 Å². The van der Waals surface area contributed by atoms with Gasteiger partial charge in [0, 0.05) is 13.0 Å². The van der Waals surface area contributed by atoms with Gasteiger partial charge in [0.1, 0.15) is 5.75 Å². The largest absolute Gasteiger partial charge is 0.508 e. The molecule has 0 bridgehead atoms. The van der Waals surface area contributed by atoms with E-state index in [4.69, 9.17) is 0 Å². The molecule has 110 valence electrons. The predicted molar refractivity (Wildman–Crippen MR) is 84.0 cm³/mol. The smallest absolute Gasteiger partial charge is 0.221 e. The first-order chi connectivity index (χ1) is 9.97. The average molecular weight is 283 g/mol. The fourth-order valence-electron chi connectivity index (χ4n) is 2.27. The van der Waals surface area contributed by atoms with Crippen LogP contribution >= 0.6 is 0 Å². The molecule has 0 fully saturated rings. The number of carbonyl (C=O) groups excluding carboxylic acids is 1. The van der Waals surface area contributed by atoms with E-state index in [2.05, 4.69) is 19.2 Å². The van der Waals surface area contributed by atoms with Gasteiger partial charge in [0.05, 0.1) is 0 Å². The number of nitrogens with one attached hydrogen (secondary N) is 1. The summed E-state index contributed by atoms with van der Waals surface area (Å²) in [5.74, 6) is 0.257. The summed E-state index contributed by atoms with van der Waals surface area (Å²) < 4.78 is 0. The molecule has 0 saturated carbocycles. The Labute approximate surface area is 125 Å². The molecular weight excluding hydrogens is 262 g/mol. The lowest BCUT2D eigenvalue weighted by Gasteiger charge is -2.24. The van der Waals surface area contributed by atoms with Crippen LogP contribution in [-0.2, 0) is 16.8 Å². The molecule has 0 atom stereocenters. The van der Waals surface area contributed by atoms with E-state index in [1.165, 1.54) is 0 Å². The van der Waals surface area contributed by atoms with Crippen LogP contribution in [0.2, 0.25) is 0 Å². The summed E-state index contributed by atoms with van der Waals surface area (Å²) >= 11 is 0. The van der Waals surface area contributed by atoms with Crippen LogP contribution in [0.4, 0.5) is 0 Å². The van der Waals surface area contributed by atoms with Crippen molar-refractivity contribution in [3.05, 3.63) is 65.7 Å². The molecule has 0 radical (unpaired) electrons. The lowest BCUT2D eigenvalue weighted by atomic mass is 9.81. The molecule has 2 N–H and O–H groups in total. The molecule has 0 aliphatic rings. The first kappa shape index (κ1) is 15.1. The minimum absolute atomic E-state index is 0.0249. The van der Waals surface area contributed by atoms with Crippen LogP contribution in [-0.4, -0.2) is 11.0 Å². The van der Waals surface area contributed by atoms with Gasteiger partial charge < -0.3 is 10.4 Å². The van der Waals surface area contributed by atoms with Gasteiger partial charge in [-0.05, 0) is 28.7 Å². The molecule has 0 unspecified atom stereocenters. The molecule has 2 aromatic rings. The number of amides is 1. The van der Waals surface area contributed by atoms with Gasteiger partial charge in [-0.15, -0.1) is 0 Å². The number of carbonyl (C=O) groups is 1. The van der Waals surface area contributed by atoms with E-state index in [1.54, 1.807) is 24.3 Å². The Balaban J connectivity index is 1.91. The highest BCUT2D eigenvalue weighted by Gasteiger charge is 2.23. The van der Waals surface area contributed by atoms with Gasteiger partial charge in [-0.2, -0.15) is 0 Å². The molecule has 0 aliphatic heterocycles. The molecule has 2 aromatic carbocycles. The number of rotatable bonds is 5. The first-order valence-corrected chi connectivity index (χ1v) is 7.07. The summed E-state index contributed by atoms with van der Waals surface area (Å²) in [5.41, 5.74) is 1.93. The lowest BCUT2D eigenvalue weighted by molar-refractivity contribution is -0.122. The maximum Gasteiger partial charge on any atom is 0.221 e. The monoisotopic (exact) mass is 283 g/mol. The second kappa shape index (κ2) is 6.44. The van der Waals surface area contributed by atoms with E-state index in [1.807, 2.05) is 30.3 Å². The van der Waals surface area contributed by atoms with E-state index < -0.39 is 0 Å². The molecule has 0 saturated heterocycles. The summed E-state index contributed by atoms with van der Waals surface area (Å²) in [6, 6.07) is 16.9.